The Labute approximate surface area is 152 Å². The summed E-state index contributed by atoms with van der Waals surface area (Å²) in [6, 6.07) is 15.4. The molecule has 134 valence electrons. The first-order chi connectivity index (χ1) is 12.7. The molecular formula is C21H22N2O3. The standard InChI is InChI=1S/C21H22N2O3/c24-17(13-16-7-2-1-3-8-16)9-6-10-18(25)14-21-23-15-20(26-21)19-11-4-5-12-22-19/h1-5,7-8,11-12,15,17,24H,6,9-10,13-14H2. The van der Waals surface area contributed by atoms with Gasteiger partial charge in [-0.25, -0.2) is 4.98 Å². The highest BCUT2D eigenvalue weighted by Crippen LogP contribution is 2.18. The normalized spacial score (nSPS) is 12.0. The van der Waals surface area contributed by atoms with Crippen molar-refractivity contribution in [3.63, 3.8) is 0 Å². The minimum atomic E-state index is -0.428. The van der Waals surface area contributed by atoms with Gasteiger partial charge in [-0.2, -0.15) is 0 Å². The number of aliphatic hydroxyl groups excluding tert-OH is 1. The number of ketones is 1. The molecule has 0 aliphatic carbocycles. The maximum atomic E-state index is 12.1. The van der Waals surface area contributed by atoms with Crippen molar-refractivity contribution in [1.29, 1.82) is 0 Å². The highest BCUT2D eigenvalue weighted by molar-refractivity contribution is 5.80. The summed E-state index contributed by atoms with van der Waals surface area (Å²) in [6.45, 7) is 0. The fourth-order valence-corrected chi connectivity index (χ4v) is 2.80. The molecule has 0 aliphatic rings. The van der Waals surface area contributed by atoms with Crippen LogP contribution in [0.1, 0.15) is 30.7 Å². The topological polar surface area (TPSA) is 76.2 Å². The summed E-state index contributed by atoms with van der Waals surface area (Å²) >= 11 is 0. The highest BCUT2D eigenvalue weighted by Gasteiger charge is 2.12. The average molecular weight is 350 g/mol. The molecule has 1 unspecified atom stereocenters. The van der Waals surface area contributed by atoms with E-state index in [2.05, 4.69) is 9.97 Å². The second-order valence-electron chi connectivity index (χ2n) is 6.28. The molecule has 0 aliphatic heterocycles. The van der Waals surface area contributed by atoms with Crippen LogP contribution in [0, 0.1) is 0 Å². The van der Waals surface area contributed by atoms with E-state index in [4.69, 9.17) is 4.42 Å². The van der Waals surface area contributed by atoms with E-state index in [9.17, 15) is 9.90 Å². The van der Waals surface area contributed by atoms with Crippen LogP contribution in [0.4, 0.5) is 0 Å². The number of hydrogen-bond donors (Lipinski definition) is 1. The zero-order valence-corrected chi connectivity index (χ0v) is 14.5. The number of carbonyl (C=O) groups is 1. The zero-order valence-electron chi connectivity index (χ0n) is 14.5. The van der Waals surface area contributed by atoms with Crippen LogP contribution in [0.25, 0.3) is 11.5 Å². The summed E-state index contributed by atoms with van der Waals surface area (Å²) in [4.78, 5) is 20.5. The third-order valence-corrected chi connectivity index (χ3v) is 4.13. The average Bonchev–Trinajstić information content (AvgIpc) is 3.11. The molecule has 0 amide bonds. The van der Waals surface area contributed by atoms with Gasteiger partial charge in [-0.3, -0.25) is 9.78 Å². The molecule has 0 radical (unpaired) electrons. The molecule has 1 atom stereocenters. The van der Waals surface area contributed by atoms with Crippen LogP contribution in [0.3, 0.4) is 0 Å². The minimum Gasteiger partial charge on any atom is -0.439 e. The van der Waals surface area contributed by atoms with Crippen LogP contribution in [-0.2, 0) is 17.6 Å². The second kappa shape index (κ2) is 9.06. The quantitative estimate of drug-likeness (QED) is 0.638. The number of benzene rings is 1. The van der Waals surface area contributed by atoms with E-state index in [0.29, 0.717) is 43.0 Å². The lowest BCUT2D eigenvalue weighted by Gasteiger charge is -2.09. The van der Waals surface area contributed by atoms with Gasteiger partial charge in [-0.1, -0.05) is 36.4 Å². The third kappa shape index (κ3) is 5.36. The van der Waals surface area contributed by atoms with Gasteiger partial charge in [-0.15, -0.1) is 0 Å². The van der Waals surface area contributed by atoms with E-state index in [1.807, 2.05) is 48.5 Å². The second-order valence-corrected chi connectivity index (χ2v) is 6.28. The fraction of sp³-hybridized carbons (Fsp3) is 0.286. The molecule has 1 N–H and O–H groups in total. The number of nitrogens with zero attached hydrogens (tertiary/aromatic N) is 2. The Morgan fingerprint density at radius 2 is 1.88 bits per heavy atom. The molecule has 5 heteroatoms. The van der Waals surface area contributed by atoms with Crippen LogP contribution in [0.2, 0.25) is 0 Å². The number of hydrogen-bond acceptors (Lipinski definition) is 5. The predicted octanol–water partition coefficient (Wildman–Crippen LogP) is 3.62. The highest BCUT2D eigenvalue weighted by atomic mass is 16.4. The molecule has 0 saturated heterocycles. The fourth-order valence-electron chi connectivity index (χ4n) is 2.80. The Bertz CT molecular complexity index is 816. The molecule has 3 aromatic rings. The molecule has 1 aromatic carbocycles. The first-order valence-electron chi connectivity index (χ1n) is 8.80. The molecule has 0 bridgehead atoms. The van der Waals surface area contributed by atoms with Gasteiger partial charge in [0.2, 0.25) is 5.89 Å². The lowest BCUT2D eigenvalue weighted by Crippen LogP contribution is -2.11. The van der Waals surface area contributed by atoms with Crippen molar-refractivity contribution in [1.82, 2.24) is 9.97 Å². The summed E-state index contributed by atoms with van der Waals surface area (Å²) in [7, 11) is 0. The van der Waals surface area contributed by atoms with Gasteiger partial charge in [-0.05, 0) is 37.0 Å². The summed E-state index contributed by atoms with van der Waals surface area (Å²) in [5, 5.41) is 10.1. The van der Waals surface area contributed by atoms with Crippen molar-refractivity contribution in [3.05, 3.63) is 72.4 Å². The van der Waals surface area contributed by atoms with Crippen LogP contribution in [0.5, 0.6) is 0 Å². The lowest BCUT2D eigenvalue weighted by atomic mass is 10.0. The first-order valence-corrected chi connectivity index (χ1v) is 8.80. The Balaban J connectivity index is 1.41. The van der Waals surface area contributed by atoms with E-state index in [1.54, 1.807) is 12.4 Å². The minimum absolute atomic E-state index is 0.0614. The van der Waals surface area contributed by atoms with Crippen LogP contribution in [-0.4, -0.2) is 27.0 Å². The van der Waals surface area contributed by atoms with E-state index in [1.165, 1.54) is 0 Å². The Morgan fingerprint density at radius 1 is 1.08 bits per heavy atom. The molecule has 5 nitrogen and oxygen atoms in total. The number of carbonyl (C=O) groups excluding carboxylic acids is 1. The summed E-state index contributed by atoms with van der Waals surface area (Å²) < 4.78 is 5.60. The molecule has 0 spiro atoms. The van der Waals surface area contributed by atoms with E-state index in [0.717, 1.165) is 5.56 Å². The maximum Gasteiger partial charge on any atom is 0.202 e. The van der Waals surface area contributed by atoms with E-state index >= 15 is 0 Å². The Morgan fingerprint density at radius 3 is 2.65 bits per heavy atom. The molecule has 26 heavy (non-hydrogen) atoms. The van der Waals surface area contributed by atoms with Gasteiger partial charge in [0.15, 0.2) is 5.76 Å². The van der Waals surface area contributed by atoms with Crippen molar-refractivity contribution in [2.75, 3.05) is 0 Å². The Hall–Kier alpha value is -2.79. The van der Waals surface area contributed by atoms with Gasteiger partial charge < -0.3 is 9.52 Å². The molecule has 2 heterocycles. The van der Waals surface area contributed by atoms with Crippen molar-refractivity contribution >= 4 is 5.78 Å². The monoisotopic (exact) mass is 350 g/mol. The van der Waals surface area contributed by atoms with Crippen LogP contribution < -0.4 is 0 Å². The maximum absolute atomic E-state index is 12.1. The van der Waals surface area contributed by atoms with Crippen LogP contribution in [0.15, 0.2) is 65.3 Å². The first kappa shape index (κ1) is 18.0. The van der Waals surface area contributed by atoms with E-state index < -0.39 is 6.10 Å². The number of rotatable bonds is 9. The number of aromatic nitrogens is 2. The van der Waals surface area contributed by atoms with E-state index in [-0.39, 0.29) is 12.2 Å². The summed E-state index contributed by atoms with van der Waals surface area (Å²) in [5.74, 6) is 1.03. The third-order valence-electron chi connectivity index (χ3n) is 4.13. The number of aliphatic hydroxyl groups is 1. The van der Waals surface area contributed by atoms with Crippen molar-refractivity contribution in [2.45, 2.75) is 38.2 Å². The molecule has 2 aromatic heterocycles. The zero-order chi connectivity index (χ0) is 18.2. The number of Topliss-reactive ketones (excluding diaryl/α,β-unsaturated/α-hetero) is 1. The molecule has 0 saturated carbocycles. The van der Waals surface area contributed by atoms with Crippen molar-refractivity contribution in [2.24, 2.45) is 0 Å². The van der Waals surface area contributed by atoms with Crippen molar-refractivity contribution in [3.8, 4) is 11.5 Å². The molecule has 0 fully saturated rings. The van der Waals surface area contributed by atoms with Crippen molar-refractivity contribution < 1.29 is 14.3 Å². The van der Waals surface area contributed by atoms with Crippen LogP contribution >= 0.6 is 0 Å². The summed E-state index contributed by atoms with van der Waals surface area (Å²) in [6.07, 6.45) is 5.30. The van der Waals surface area contributed by atoms with Gasteiger partial charge in [0.25, 0.3) is 0 Å². The van der Waals surface area contributed by atoms with Gasteiger partial charge >= 0.3 is 0 Å². The van der Waals surface area contributed by atoms with Gasteiger partial charge in [0.1, 0.15) is 11.5 Å². The molecule has 3 rings (SSSR count). The lowest BCUT2D eigenvalue weighted by molar-refractivity contribution is -0.118. The summed E-state index contributed by atoms with van der Waals surface area (Å²) in [5.41, 5.74) is 1.80. The smallest absolute Gasteiger partial charge is 0.202 e. The number of pyridine rings is 1. The largest absolute Gasteiger partial charge is 0.439 e. The van der Waals surface area contributed by atoms with Gasteiger partial charge in [0.05, 0.1) is 18.7 Å². The SMILES string of the molecule is O=C(CCCC(O)Cc1ccccc1)Cc1ncc(-c2ccccn2)o1. The molecular weight excluding hydrogens is 328 g/mol. The predicted molar refractivity (Wildman–Crippen MR) is 98.4 cm³/mol. The number of oxazole rings is 1. The van der Waals surface area contributed by atoms with Gasteiger partial charge in [0, 0.05) is 12.6 Å². The Kier molecular flexibility index (Phi) is 6.28.